The van der Waals surface area contributed by atoms with Crippen molar-refractivity contribution in [3.63, 3.8) is 0 Å². The summed E-state index contributed by atoms with van der Waals surface area (Å²) in [6, 6.07) is 6.27. The minimum atomic E-state index is -0.529. The Balaban J connectivity index is 1.87. The highest BCUT2D eigenvalue weighted by Gasteiger charge is 2.26. The highest BCUT2D eigenvalue weighted by Crippen LogP contribution is 2.15. The molecule has 1 amide bonds. The number of hydrogen-bond donors (Lipinski definition) is 2. The maximum atomic E-state index is 12.3. The number of phenolic OH excluding ortho intramolecular Hbond substituents is 1. The van der Waals surface area contributed by atoms with Gasteiger partial charge >= 0.3 is 0 Å². The minimum Gasteiger partial charge on any atom is -0.508 e. The average molecular weight is 278 g/mol. The van der Waals surface area contributed by atoms with Gasteiger partial charge in [0, 0.05) is 20.2 Å². The number of nitrogens with two attached hydrogens (primary N) is 1. The number of piperidine rings is 1. The SMILES string of the molecule is COC1CCN(C(=O)C(N)Cc2ccc(O)cc2)CC1. The maximum Gasteiger partial charge on any atom is 0.239 e. The number of phenols is 1. The number of likely N-dealkylation sites (tertiary alicyclic amines) is 1. The summed E-state index contributed by atoms with van der Waals surface area (Å²) in [6.07, 6.45) is 2.48. The van der Waals surface area contributed by atoms with Gasteiger partial charge < -0.3 is 20.5 Å². The largest absolute Gasteiger partial charge is 0.508 e. The fourth-order valence-corrected chi connectivity index (χ4v) is 2.52. The van der Waals surface area contributed by atoms with Gasteiger partial charge in [-0.1, -0.05) is 12.1 Å². The first-order valence-electron chi connectivity index (χ1n) is 6.95. The van der Waals surface area contributed by atoms with Gasteiger partial charge in [0.25, 0.3) is 0 Å². The number of amides is 1. The maximum absolute atomic E-state index is 12.3. The number of rotatable bonds is 4. The molecule has 0 bridgehead atoms. The lowest BCUT2D eigenvalue weighted by Gasteiger charge is -2.32. The third-order valence-electron chi connectivity index (χ3n) is 3.80. The summed E-state index contributed by atoms with van der Waals surface area (Å²) in [7, 11) is 1.71. The van der Waals surface area contributed by atoms with Crippen LogP contribution in [-0.4, -0.2) is 48.3 Å². The number of carbonyl (C=O) groups is 1. The zero-order valence-electron chi connectivity index (χ0n) is 11.8. The number of aromatic hydroxyl groups is 1. The predicted molar refractivity (Wildman–Crippen MR) is 76.4 cm³/mol. The van der Waals surface area contributed by atoms with E-state index in [-0.39, 0.29) is 17.8 Å². The highest BCUT2D eigenvalue weighted by atomic mass is 16.5. The second-order valence-electron chi connectivity index (χ2n) is 5.24. The summed E-state index contributed by atoms with van der Waals surface area (Å²) in [5.74, 6) is 0.211. The molecule has 1 unspecified atom stereocenters. The summed E-state index contributed by atoms with van der Waals surface area (Å²) in [5.41, 5.74) is 6.95. The molecule has 1 aliphatic heterocycles. The Labute approximate surface area is 119 Å². The average Bonchev–Trinajstić information content (AvgIpc) is 2.49. The molecule has 1 fully saturated rings. The van der Waals surface area contributed by atoms with Crippen LogP contribution in [0.3, 0.4) is 0 Å². The van der Waals surface area contributed by atoms with Crippen LogP contribution in [0.5, 0.6) is 5.75 Å². The van der Waals surface area contributed by atoms with Crippen LogP contribution < -0.4 is 5.73 Å². The molecule has 1 heterocycles. The molecule has 5 heteroatoms. The molecule has 1 aromatic rings. The third kappa shape index (κ3) is 3.71. The van der Waals surface area contributed by atoms with Gasteiger partial charge in [0.15, 0.2) is 0 Å². The minimum absolute atomic E-state index is 0.00683. The first kappa shape index (κ1) is 14.8. The Hall–Kier alpha value is -1.59. The van der Waals surface area contributed by atoms with Crippen molar-refractivity contribution in [3.05, 3.63) is 29.8 Å². The molecular weight excluding hydrogens is 256 g/mol. The molecule has 0 radical (unpaired) electrons. The zero-order valence-corrected chi connectivity index (χ0v) is 11.8. The molecule has 1 aromatic carbocycles. The lowest BCUT2D eigenvalue weighted by atomic mass is 10.0. The summed E-state index contributed by atoms with van der Waals surface area (Å²) in [5, 5.41) is 9.23. The number of ether oxygens (including phenoxy) is 1. The number of carbonyl (C=O) groups excluding carboxylic acids is 1. The second-order valence-corrected chi connectivity index (χ2v) is 5.24. The van der Waals surface area contributed by atoms with Crippen LogP contribution in [-0.2, 0) is 16.0 Å². The Morgan fingerprint density at radius 2 is 2.00 bits per heavy atom. The number of methoxy groups -OCH3 is 1. The van der Waals surface area contributed by atoms with Crippen LogP contribution >= 0.6 is 0 Å². The van der Waals surface area contributed by atoms with Crippen LogP contribution in [0.4, 0.5) is 0 Å². The smallest absolute Gasteiger partial charge is 0.239 e. The van der Waals surface area contributed by atoms with Crippen LogP contribution in [0, 0.1) is 0 Å². The number of nitrogens with zero attached hydrogens (tertiary/aromatic N) is 1. The third-order valence-corrected chi connectivity index (χ3v) is 3.80. The predicted octanol–water partition coefficient (Wildman–Crippen LogP) is 0.899. The molecular formula is C15H22N2O3. The molecule has 0 aromatic heterocycles. The van der Waals surface area contributed by atoms with Gasteiger partial charge in [0.1, 0.15) is 5.75 Å². The van der Waals surface area contributed by atoms with Crippen molar-refractivity contribution in [2.24, 2.45) is 5.73 Å². The monoisotopic (exact) mass is 278 g/mol. The summed E-state index contributed by atoms with van der Waals surface area (Å²) in [4.78, 5) is 14.1. The van der Waals surface area contributed by atoms with E-state index in [1.807, 2.05) is 4.90 Å². The molecule has 0 saturated carbocycles. The molecule has 1 aliphatic rings. The van der Waals surface area contributed by atoms with Gasteiger partial charge in [-0.3, -0.25) is 4.79 Å². The van der Waals surface area contributed by atoms with E-state index in [9.17, 15) is 9.90 Å². The Morgan fingerprint density at radius 1 is 1.40 bits per heavy atom. The van der Waals surface area contributed by atoms with E-state index in [1.54, 1.807) is 31.4 Å². The van der Waals surface area contributed by atoms with E-state index in [0.717, 1.165) is 18.4 Å². The van der Waals surface area contributed by atoms with E-state index in [4.69, 9.17) is 10.5 Å². The molecule has 110 valence electrons. The Kier molecular flexibility index (Phi) is 4.98. The standard InChI is InChI=1S/C15H22N2O3/c1-20-13-6-8-17(9-7-13)15(19)14(16)10-11-2-4-12(18)5-3-11/h2-5,13-14,18H,6-10,16H2,1H3. The van der Waals surface area contributed by atoms with Gasteiger partial charge in [0.05, 0.1) is 12.1 Å². The molecule has 0 aliphatic carbocycles. The summed E-state index contributed by atoms with van der Waals surface area (Å²) < 4.78 is 5.29. The van der Waals surface area contributed by atoms with Crippen LogP contribution in [0.25, 0.3) is 0 Å². The highest BCUT2D eigenvalue weighted by molar-refractivity contribution is 5.82. The molecule has 0 spiro atoms. The van der Waals surface area contributed by atoms with Gasteiger partial charge in [-0.2, -0.15) is 0 Å². The van der Waals surface area contributed by atoms with Crippen molar-refractivity contribution >= 4 is 5.91 Å². The normalized spacial score (nSPS) is 18.0. The number of benzene rings is 1. The van der Waals surface area contributed by atoms with Gasteiger partial charge in [-0.05, 0) is 37.0 Å². The topological polar surface area (TPSA) is 75.8 Å². The van der Waals surface area contributed by atoms with Crippen molar-refractivity contribution in [3.8, 4) is 5.75 Å². The van der Waals surface area contributed by atoms with Crippen LogP contribution in [0.2, 0.25) is 0 Å². The summed E-state index contributed by atoms with van der Waals surface area (Å²) in [6.45, 7) is 1.42. The van der Waals surface area contributed by atoms with Crippen molar-refractivity contribution in [2.45, 2.75) is 31.4 Å². The molecule has 5 nitrogen and oxygen atoms in total. The summed E-state index contributed by atoms with van der Waals surface area (Å²) >= 11 is 0. The Morgan fingerprint density at radius 3 is 2.55 bits per heavy atom. The first-order chi connectivity index (χ1) is 9.60. The van der Waals surface area contributed by atoms with Crippen molar-refractivity contribution in [1.82, 2.24) is 4.90 Å². The van der Waals surface area contributed by atoms with Crippen molar-refractivity contribution in [1.29, 1.82) is 0 Å². The van der Waals surface area contributed by atoms with Gasteiger partial charge in [-0.25, -0.2) is 0 Å². The van der Waals surface area contributed by atoms with Crippen molar-refractivity contribution in [2.75, 3.05) is 20.2 Å². The van der Waals surface area contributed by atoms with Crippen LogP contribution in [0.1, 0.15) is 18.4 Å². The number of hydrogen-bond acceptors (Lipinski definition) is 4. The van der Waals surface area contributed by atoms with Crippen molar-refractivity contribution < 1.29 is 14.6 Å². The first-order valence-corrected chi connectivity index (χ1v) is 6.95. The van der Waals surface area contributed by atoms with Crippen LogP contribution in [0.15, 0.2) is 24.3 Å². The van der Waals surface area contributed by atoms with E-state index < -0.39 is 6.04 Å². The zero-order chi connectivity index (χ0) is 14.5. The van der Waals surface area contributed by atoms with Gasteiger partial charge in [0.2, 0.25) is 5.91 Å². The fraction of sp³-hybridized carbons (Fsp3) is 0.533. The lowest BCUT2D eigenvalue weighted by molar-refractivity contribution is -0.134. The molecule has 20 heavy (non-hydrogen) atoms. The second kappa shape index (κ2) is 6.72. The molecule has 1 saturated heterocycles. The molecule has 3 N–H and O–H groups in total. The van der Waals surface area contributed by atoms with E-state index >= 15 is 0 Å². The lowest BCUT2D eigenvalue weighted by Crippen LogP contribution is -2.49. The fourth-order valence-electron chi connectivity index (χ4n) is 2.52. The van der Waals surface area contributed by atoms with E-state index in [2.05, 4.69) is 0 Å². The quantitative estimate of drug-likeness (QED) is 0.858. The molecule has 2 rings (SSSR count). The Bertz CT molecular complexity index is 439. The molecule has 1 atom stereocenters. The van der Waals surface area contributed by atoms with Gasteiger partial charge in [-0.15, -0.1) is 0 Å². The van der Waals surface area contributed by atoms with E-state index in [0.29, 0.717) is 19.5 Å². The van der Waals surface area contributed by atoms with E-state index in [1.165, 1.54) is 0 Å².